The molecule has 4 saturated carbocycles. The molecule has 5 fully saturated rings. The minimum absolute atomic E-state index is 0.726. The molecule has 1 aliphatic heterocycles. The van der Waals surface area contributed by atoms with Crippen LogP contribution in [0.2, 0.25) is 0 Å². The maximum absolute atomic E-state index is 5.10. The van der Waals surface area contributed by atoms with Gasteiger partial charge in [0, 0.05) is 11.8 Å². The number of hydrogen-bond donors (Lipinski definition) is 1. The summed E-state index contributed by atoms with van der Waals surface area (Å²) < 4.78 is 0. The SMILES string of the molecule is C1CC2CSC(=NC3C4C5CCC(C5)C34)NC2C1. The Balaban J connectivity index is 1.31. The van der Waals surface area contributed by atoms with Gasteiger partial charge in [-0.1, -0.05) is 18.2 Å². The van der Waals surface area contributed by atoms with Gasteiger partial charge in [0.2, 0.25) is 0 Å². The number of fused-ring (bicyclic) bond motifs is 6. The lowest BCUT2D eigenvalue weighted by Crippen LogP contribution is -2.41. The molecule has 0 aromatic heterocycles. The van der Waals surface area contributed by atoms with E-state index in [1.807, 2.05) is 11.8 Å². The minimum atomic E-state index is 0.726. The Morgan fingerprint density at radius 2 is 1.83 bits per heavy atom. The summed E-state index contributed by atoms with van der Waals surface area (Å²) in [5.41, 5.74) is 0. The summed E-state index contributed by atoms with van der Waals surface area (Å²) in [7, 11) is 0. The largest absolute Gasteiger partial charge is 0.362 e. The first kappa shape index (κ1) is 10.6. The number of rotatable bonds is 1. The van der Waals surface area contributed by atoms with Crippen LogP contribution in [0.1, 0.15) is 38.5 Å². The summed E-state index contributed by atoms with van der Waals surface area (Å²) in [5.74, 6) is 6.37. The highest BCUT2D eigenvalue weighted by molar-refractivity contribution is 8.13. The van der Waals surface area contributed by atoms with E-state index in [1.54, 1.807) is 6.42 Å². The zero-order chi connectivity index (χ0) is 11.7. The molecule has 5 aliphatic rings. The average Bonchev–Trinajstić information content (AvgIpc) is 2.83. The second kappa shape index (κ2) is 3.68. The van der Waals surface area contributed by atoms with Crippen molar-refractivity contribution in [2.75, 3.05) is 5.75 Å². The van der Waals surface area contributed by atoms with Crippen LogP contribution in [0.15, 0.2) is 4.99 Å². The number of aliphatic imine (C=N–C) groups is 1. The molecule has 2 bridgehead atoms. The third-order valence-corrected chi connectivity index (χ3v) is 7.45. The number of hydrogen-bond acceptors (Lipinski definition) is 2. The van der Waals surface area contributed by atoms with E-state index in [4.69, 9.17) is 4.99 Å². The van der Waals surface area contributed by atoms with Gasteiger partial charge < -0.3 is 5.32 Å². The number of nitrogens with zero attached hydrogens (tertiary/aromatic N) is 1. The van der Waals surface area contributed by atoms with E-state index in [-0.39, 0.29) is 0 Å². The van der Waals surface area contributed by atoms with Crippen molar-refractivity contribution in [3.8, 4) is 0 Å². The van der Waals surface area contributed by atoms with Crippen molar-refractivity contribution in [3.05, 3.63) is 0 Å². The first-order chi connectivity index (χ1) is 8.90. The molecule has 1 saturated heterocycles. The molecule has 6 unspecified atom stereocenters. The zero-order valence-corrected chi connectivity index (χ0v) is 11.7. The lowest BCUT2D eigenvalue weighted by molar-refractivity contribution is 0.456. The van der Waals surface area contributed by atoms with Gasteiger partial charge in [-0.2, -0.15) is 0 Å². The van der Waals surface area contributed by atoms with Crippen LogP contribution in [0, 0.1) is 29.6 Å². The van der Waals surface area contributed by atoms with Gasteiger partial charge in [0.25, 0.3) is 0 Å². The molecule has 6 atom stereocenters. The van der Waals surface area contributed by atoms with Gasteiger partial charge in [-0.25, -0.2) is 0 Å². The Morgan fingerprint density at radius 1 is 1.00 bits per heavy atom. The Hall–Kier alpha value is -0.180. The lowest BCUT2D eigenvalue weighted by Gasteiger charge is -2.28. The maximum atomic E-state index is 5.10. The molecule has 98 valence electrons. The van der Waals surface area contributed by atoms with E-state index in [1.165, 1.54) is 43.0 Å². The second-order valence-electron chi connectivity index (χ2n) is 7.17. The molecule has 4 aliphatic carbocycles. The lowest BCUT2D eigenvalue weighted by atomic mass is 10.0. The molecule has 1 heterocycles. The summed E-state index contributed by atoms with van der Waals surface area (Å²) in [6.07, 6.45) is 8.82. The molecule has 0 amide bonds. The van der Waals surface area contributed by atoms with E-state index in [0.717, 1.165) is 41.7 Å². The third kappa shape index (κ3) is 1.40. The Kier molecular flexibility index (Phi) is 2.17. The molecule has 0 spiro atoms. The van der Waals surface area contributed by atoms with Gasteiger partial charge in [-0.3, -0.25) is 4.99 Å². The molecule has 0 aromatic rings. The number of nitrogens with one attached hydrogen (secondary N) is 1. The zero-order valence-electron chi connectivity index (χ0n) is 10.8. The fourth-order valence-electron chi connectivity index (χ4n) is 5.47. The first-order valence-corrected chi connectivity index (χ1v) is 8.86. The Morgan fingerprint density at radius 3 is 2.67 bits per heavy atom. The molecule has 2 nitrogen and oxygen atoms in total. The second-order valence-corrected chi connectivity index (χ2v) is 8.17. The summed E-state index contributed by atoms with van der Waals surface area (Å²) in [6, 6.07) is 1.49. The van der Waals surface area contributed by atoms with E-state index in [2.05, 4.69) is 5.32 Å². The molecular weight excluding hydrogens is 240 g/mol. The van der Waals surface area contributed by atoms with Gasteiger partial charge in [0.05, 0.1) is 6.04 Å². The smallest absolute Gasteiger partial charge is 0.157 e. The number of thioether (sulfide) groups is 1. The molecule has 1 N–H and O–H groups in total. The van der Waals surface area contributed by atoms with E-state index >= 15 is 0 Å². The van der Waals surface area contributed by atoms with Gasteiger partial charge in [0.15, 0.2) is 5.17 Å². The van der Waals surface area contributed by atoms with Crippen LogP contribution >= 0.6 is 11.8 Å². The summed E-state index contributed by atoms with van der Waals surface area (Å²) in [6.45, 7) is 0. The normalized spacial score (nSPS) is 58.4. The minimum Gasteiger partial charge on any atom is -0.362 e. The summed E-state index contributed by atoms with van der Waals surface area (Å²) in [5, 5.41) is 5.04. The predicted molar refractivity (Wildman–Crippen MR) is 75.8 cm³/mol. The Labute approximate surface area is 113 Å². The maximum Gasteiger partial charge on any atom is 0.157 e. The van der Waals surface area contributed by atoms with Crippen LogP contribution in [0.4, 0.5) is 0 Å². The van der Waals surface area contributed by atoms with Crippen LogP contribution in [0.25, 0.3) is 0 Å². The molecule has 0 aromatic carbocycles. The van der Waals surface area contributed by atoms with Crippen molar-refractivity contribution in [1.29, 1.82) is 0 Å². The van der Waals surface area contributed by atoms with Gasteiger partial charge in [-0.15, -0.1) is 0 Å². The van der Waals surface area contributed by atoms with E-state index in [9.17, 15) is 0 Å². The summed E-state index contributed by atoms with van der Waals surface area (Å²) >= 11 is 2.01. The van der Waals surface area contributed by atoms with Crippen LogP contribution < -0.4 is 5.32 Å². The van der Waals surface area contributed by atoms with Crippen molar-refractivity contribution in [2.24, 2.45) is 34.6 Å². The Bertz CT molecular complexity index is 391. The first-order valence-electron chi connectivity index (χ1n) is 7.87. The van der Waals surface area contributed by atoms with Crippen LogP contribution in [0.3, 0.4) is 0 Å². The van der Waals surface area contributed by atoms with Crippen molar-refractivity contribution in [2.45, 2.75) is 50.6 Å². The van der Waals surface area contributed by atoms with Crippen LogP contribution in [-0.4, -0.2) is 23.0 Å². The highest BCUT2D eigenvalue weighted by atomic mass is 32.2. The van der Waals surface area contributed by atoms with Crippen molar-refractivity contribution in [3.63, 3.8) is 0 Å². The molecule has 18 heavy (non-hydrogen) atoms. The fourth-order valence-corrected chi connectivity index (χ4v) is 6.68. The van der Waals surface area contributed by atoms with Gasteiger partial charge in [0.1, 0.15) is 0 Å². The highest BCUT2D eigenvalue weighted by Crippen LogP contribution is 2.67. The predicted octanol–water partition coefficient (Wildman–Crippen LogP) is 2.89. The van der Waals surface area contributed by atoms with Crippen LogP contribution in [0.5, 0.6) is 0 Å². The van der Waals surface area contributed by atoms with Gasteiger partial charge in [-0.05, 0) is 61.7 Å². The quantitative estimate of drug-likeness (QED) is 0.786. The van der Waals surface area contributed by atoms with Crippen molar-refractivity contribution < 1.29 is 0 Å². The van der Waals surface area contributed by atoms with E-state index in [0.29, 0.717) is 0 Å². The molecule has 5 rings (SSSR count). The average molecular weight is 262 g/mol. The van der Waals surface area contributed by atoms with Crippen LogP contribution in [-0.2, 0) is 0 Å². The fraction of sp³-hybridized carbons (Fsp3) is 0.933. The van der Waals surface area contributed by atoms with Crippen molar-refractivity contribution in [1.82, 2.24) is 5.32 Å². The topological polar surface area (TPSA) is 24.4 Å². The van der Waals surface area contributed by atoms with E-state index < -0.39 is 0 Å². The molecule has 3 heteroatoms. The summed E-state index contributed by atoms with van der Waals surface area (Å²) in [4.78, 5) is 5.10. The monoisotopic (exact) mass is 262 g/mol. The van der Waals surface area contributed by atoms with Gasteiger partial charge >= 0.3 is 0 Å². The molecule has 0 radical (unpaired) electrons. The standard InChI is InChI=1S/C15H22N2S/c1-2-10-7-18-15(16-11(10)3-1)17-14-12-8-4-5-9(6-8)13(12)14/h8-14H,1-7H2,(H,16,17). The van der Waals surface area contributed by atoms with Crippen molar-refractivity contribution >= 4 is 16.9 Å². The highest BCUT2D eigenvalue weighted by Gasteiger charge is 2.65. The molecular formula is C15H22N2S. The number of amidine groups is 1. The third-order valence-electron chi connectivity index (χ3n) is 6.36.